The van der Waals surface area contributed by atoms with E-state index in [1.165, 1.54) is 0 Å². The Labute approximate surface area is 147 Å². The Morgan fingerprint density at radius 2 is 1.64 bits per heavy atom. The third kappa shape index (κ3) is 5.36. The zero-order valence-corrected chi connectivity index (χ0v) is 13.9. The molecule has 0 aliphatic rings. The van der Waals surface area contributed by atoms with Crippen molar-refractivity contribution < 1.29 is 14.6 Å². The highest BCUT2D eigenvalue weighted by atomic mass is 16.5. The second-order valence-electron chi connectivity index (χ2n) is 5.75. The maximum Gasteiger partial charge on any atom is 0.140 e. The van der Waals surface area contributed by atoms with Crippen molar-refractivity contribution in [3.05, 3.63) is 78.4 Å². The Bertz CT molecular complexity index is 862. The highest BCUT2D eigenvalue weighted by Crippen LogP contribution is 2.20. The Balaban J connectivity index is 1.42. The summed E-state index contributed by atoms with van der Waals surface area (Å²) in [5, 5.41) is 12.2. The van der Waals surface area contributed by atoms with Gasteiger partial charge in [-0.3, -0.25) is 0 Å². The lowest BCUT2D eigenvalue weighted by atomic mass is 10.1. The summed E-state index contributed by atoms with van der Waals surface area (Å²) in [6, 6.07) is 23.8. The molecule has 0 aliphatic carbocycles. The lowest BCUT2D eigenvalue weighted by Gasteiger charge is -2.08. The molecule has 3 rings (SSSR count). The van der Waals surface area contributed by atoms with E-state index in [0.717, 1.165) is 16.3 Å². The van der Waals surface area contributed by atoms with Gasteiger partial charge in [-0.1, -0.05) is 66.6 Å². The average molecular weight is 332 g/mol. The molecule has 0 spiro atoms. The van der Waals surface area contributed by atoms with E-state index in [1.807, 2.05) is 66.7 Å². The van der Waals surface area contributed by atoms with Crippen LogP contribution < -0.4 is 4.74 Å². The first-order valence-electron chi connectivity index (χ1n) is 8.24. The molecule has 0 aromatic heterocycles. The van der Waals surface area contributed by atoms with Gasteiger partial charge >= 0.3 is 0 Å². The molecule has 0 saturated carbocycles. The summed E-state index contributed by atoms with van der Waals surface area (Å²) in [6.45, 7) is 0.735. The van der Waals surface area contributed by atoms with E-state index in [0.29, 0.717) is 18.8 Å². The molecule has 3 aromatic carbocycles. The zero-order chi connectivity index (χ0) is 17.3. The van der Waals surface area contributed by atoms with Crippen LogP contribution in [0.15, 0.2) is 72.8 Å². The van der Waals surface area contributed by atoms with Crippen molar-refractivity contribution >= 4 is 10.8 Å². The fourth-order valence-corrected chi connectivity index (χ4v) is 2.43. The molecule has 0 radical (unpaired) electrons. The molecular formula is C22H20O3. The highest BCUT2D eigenvalue weighted by Gasteiger charge is 2.02. The van der Waals surface area contributed by atoms with E-state index >= 15 is 0 Å². The molecule has 0 saturated heterocycles. The van der Waals surface area contributed by atoms with E-state index in [2.05, 4.69) is 18.1 Å². The highest BCUT2D eigenvalue weighted by molar-refractivity contribution is 5.83. The van der Waals surface area contributed by atoms with Crippen molar-refractivity contribution in [1.29, 1.82) is 0 Å². The number of aliphatic hydroxyl groups excluding tert-OH is 1. The van der Waals surface area contributed by atoms with Gasteiger partial charge in [-0.05, 0) is 28.5 Å². The standard InChI is InChI=1S/C22H20O3/c23-21(17-24-16-18-7-2-1-3-8-18)11-6-14-25-22-13-12-19-9-4-5-10-20(19)15-22/h1-5,7-10,12-13,15,21,23H,11,16-17H2. The van der Waals surface area contributed by atoms with Gasteiger partial charge in [-0.25, -0.2) is 0 Å². The minimum absolute atomic E-state index is 0.250. The van der Waals surface area contributed by atoms with Gasteiger partial charge in [-0.2, -0.15) is 0 Å². The molecule has 126 valence electrons. The van der Waals surface area contributed by atoms with Crippen LogP contribution in [0.2, 0.25) is 0 Å². The monoisotopic (exact) mass is 332 g/mol. The Morgan fingerprint density at radius 1 is 0.880 bits per heavy atom. The molecule has 0 amide bonds. The molecular weight excluding hydrogens is 312 g/mol. The number of hydrogen-bond donors (Lipinski definition) is 1. The summed E-state index contributed by atoms with van der Waals surface area (Å²) in [5.74, 6) is 3.52. The second kappa shape index (κ2) is 8.89. The molecule has 25 heavy (non-hydrogen) atoms. The van der Waals surface area contributed by atoms with Crippen LogP contribution in [0.4, 0.5) is 0 Å². The first-order chi connectivity index (χ1) is 12.3. The molecule has 0 heterocycles. The maximum atomic E-state index is 9.88. The largest absolute Gasteiger partial charge is 0.408 e. The fraction of sp³-hybridized carbons (Fsp3) is 0.182. The normalized spacial score (nSPS) is 11.6. The van der Waals surface area contributed by atoms with Crippen molar-refractivity contribution in [3.8, 4) is 17.8 Å². The van der Waals surface area contributed by atoms with Crippen molar-refractivity contribution in [1.82, 2.24) is 0 Å². The number of rotatable bonds is 6. The third-order valence-electron chi connectivity index (χ3n) is 3.72. The molecule has 3 nitrogen and oxygen atoms in total. The summed E-state index contributed by atoms with van der Waals surface area (Å²) in [7, 11) is 0. The molecule has 0 fully saturated rings. The minimum Gasteiger partial charge on any atom is -0.408 e. The fourth-order valence-electron chi connectivity index (χ4n) is 2.43. The Hall–Kier alpha value is -2.80. The second-order valence-corrected chi connectivity index (χ2v) is 5.75. The average Bonchev–Trinajstić information content (AvgIpc) is 2.66. The Morgan fingerprint density at radius 3 is 2.48 bits per heavy atom. The number of aliphatic hydroxyl groups is 1. The number of ether oxygens (including phenoxy) is 2. The van der Waals surface area contributed by atoms with E-state index in [1.54, 1.807) is 0 Å². The SMILES string of the molecule is OC(CC#COc1ccc2ccccc2c1)COCc1ccccc1. The molecule has 3 aromatic rings. The number of benzene rings is 3. The van der Waals surface area contributed by atoms with E-state index in [9.17, 15) is 5.11 Å². The number of fused-ring (bicyclic) bond motifs is 1. The molecule has 0 aliphatic heterocycles. The van der Waals surface area contributed by atoms with Gasteiger partial charge in [-0.15, -0.1) is 0 Å². The Kier molecular flexibility index (Phi) is 6.06. The summed E-state index contributed by atoms with van der Waals surface area (Å²) in [6.07, 6.45) is 2.32. The summed E-state index contributed by atoms with van der Waals surface area (Å²) in [5.41, 5.74) is 1.08. The van der Waals surface area contributed by atoms with Crippen LogP contribution in [0.3, 0.4) is 0 Å². The minimum atomic E-state index is -0.628. The van der Waals surface area contributed by atoms with Gasteiger partial charge in [0.25, 0.3) is 0 Å². The van der Waals surface area contributed by atoms with Crippen LogP contribution in [0.5, 0.6) is 5.75 Å². The van der Waals surface area contributed by atoms with Crippen molar-refractivity contribution in [3.63, 3.8) is 0 Å². The lowest BCUT2D eigenvalue weighted by molar-refractivity contribution is 0.0310. The van der Waals surface area contributed by atoms with Gasteiger partial charge < -0.3 is 14.6 Å². The first-order valence-corrected chi connectivity index (χ1v) is 8.24. The zero-order valence-electron chi connectivity index (χ0n) is 13.9. The van der Waals surface area contributed by atoms with Crippen LogP contribution in [0.1, 0.15) is 12.0 Å². The van der Waals surface area contributed by atoms with Gasteiger partial charge in [0.2, 0.25) is 0 Å². The van der Waals surface area contributed by atoms with Crippen molar-refractivity contribution in [2.75, 3.05) is 6.61 Å². The van der Waals surface area contributed by atoms with E-state index < -0.39 is 6.10 Å². The summed E-state index contributed by atoms with van der Waals surface area (Å²) >= 11 is 0. The van der Waals surface area contributed by atoms with Gasteiger partial charge in [0.05, 0.1) is 19.3 Å². The topological polar surface area (TPSA) is 38.7 Å². The first kappa shape index (κ1) is 17.0. The molecule has 1 atom stereocenters. The van der Waals surface area contributed by atoms with Crippen molar-refractivity contribution in [2.45, 2.75) is 19.1 Å². The lowest BCUT2D eigenvalue weighted by Crippen LogP contribution is -2.14. The van der Waals surface area contributed by atoms with Gasteiger partial charge in [0.15, 0.2) is 0 Å². The van der Waals surface area contributed by atoms with Crippen LogP contribution in [0.25, 0.3) is 10.8 Å². The van der Waals surface area contributed by atoms with E-state index in [-0.39, 0.29) is 6.61 Å². The summed E-state index contributed by atoms with van der Waals surface area (Å²) < 4.78 is 10.9. The third-order valence-corrected chi connectivity index (χ3v) is 3.72. The van der Waals surface area contributed by atoms with Crippen LogP contribution >= 0.6 is 0 Å². The predicted octanol–water partition coefficient (Wildman–Crippen LogP) is 4.15. The molecule has 1 unspecified atom stereocenters. The smallest absolute Gasteiger partial charge is 0.140 e. The quantitative estimate of drug-likeness (QED) is 0.689. The van der Waals surface area contributed by atoms with Crippen LogP contribution in [-0.2, 0) is 11.3 Å². The number of hydrogen-bond acceptors (Lipinski definition) is 3. The van der Waals surface area contributed by atoms with Crippen molar-refractivity contribution in [2.24, 2.45) is 0 Å². The van der Waals surface area contributed by atoms with Gasteiger partial charge in [0, 0.05) is 6.42 Å². The van der Waals surface area contributed by atoms with Crippen LogP contribution in [0, 0.1) is 12.0 Å². The van der Waals surface area contributed by atoms with Gasteiger partial charge in [0.1, 0.15) is 11.9 Å². The molecule has 1 N–H and O–H groups in total. The predicted molar refractivity (Wildman–Crippen MR) is 99.1 cm³/mol. The molecule has 0 bridgehead atoms. The van der Waals surface area contributed by atoms with Crippen LogP contribution in [-0.4, -0.2) is 17.8 Å². The van der Waals surface area contributed by atoms with E-state index in [4.69, 9.17) is 9.47 Å². The summed E-state index contributed by atoms with van der Waals surface area (Å²) in [4.78, 5) is 0. The molecule has 3 heteroatoms. The maximum absolute atomic E-state index is 9.88.